The van der Waals surface area contributed by atoms with Gasteiger partial charge in [-0.3, -0.25) is 0 Å². The minimum atomic E-state index is 0.231. The number of benzene rings is 1. The molecule has 0 fully saturated rings. The smallest absolute Gasteiger partial charge is 0.0306 e. The predicted octanol–water partition coefficient (Wildman–Crippen LogP) is 3.88. The highest BCUT2D eigenvalue weighted by atomic mass is 14.7. The first-order valence-corrected chi connectivity index (χ1v) is 6.35. The van der Waals surface area contributed by atoms with Crippen molar-refractivity contribution >= 4 is 0 Å². The van der Waals surface area contributed by atoms with Gasteiger partial charge in [-0.05, 0) is 40.9 Å². The van der Waals surface area contributed by atoms with E-state index in [-0.39, 0.29) is 11.5 Å². The summed E-state index contributed by atoms with van der Waals surface area (Å²) in [6.45, 7) is 9.11. The summed E-state index contributed by atoms with van der Waals surface area (Å²) >= 11 is 0. The average Bonchev–Trinajstić information content (AvgIpc) is 2.48. The van der Waals surface area contributed by atoms with Gasteiger partial charge in [-0.15, -0.1) is 0 Å². The molecule has 1 aliphatic rings. The van der Waals surface area contributed by atoms with Crippen molar-refractivity contribution < 1.29 is 0 Å². The van der Waals surface area contributed by atoms with Crippen molar-refractivity contribution in [3.63, 3.8) is 0 Å². The highest BCUT2D eigenvalue weighted by Gasteiger charge is 2.34. The molecule has 0 radical (unpaired) electrons. The van der Waals surface area contributed by atoms with Crippen LogP contribution in [0.1, 0.15) is 69.2 Å². The lowest BCUT2D eigenvalue weighted by Gasteiger charge is -2.19. The molecular weight excluding hydrogens is 194 g/mol. The van der Waals surface area contributed by atoms with Crippen molar-refractivity contribution in [2.24, 2.45) is 5.73 Å². The Kier molecular flexibility index (Phi) is 2.83. The third-order valence-electron chi connectivity index (χ3n) is 4.12. The number of hydrogen-bond acceptors (Lipinski definition) is 1. The van der Waals surface area contributed by atoms with Gasteiger partial charge in [-0.25, -0.2) is 0 Å². The Balaban J connectivity index is 2.44. The van der Waals surface area contributed by atoms with E-state index in [1.54, 1.807) is 0 Å². The summed E-state index contributed by atoms with van der Waals surface area (Å²) < 4.78 is 0. The van der Waals surface area contributed by atoms with Gasteiger partial charge in [0.2, 0.25) is 0 Å². The molecule has 1 heteroatoms. The molecule has 0 heterocycles. The van der Waals surface area contributed by atoms with Crippen molar-refractivity contribution in [3.8, 4) is 0 Å². The maximum atomic E-state index is 6.23. The lowest BCUT2D eigenvalue weighted by atomic mass is 9.85. The molecule has 1 aromatic carbocycles. The van der Waals surface area contributed by atoms with Gasteiger partial charge in [-0.2, -0.15) is 0 Å². The maximum absolute atomic E-state index is 6.23. The number of rotatable bonds is 2. The van der Waals surface area contributed by atoms with Crippen molar-refractivity contribution in [2.45, 2.75) is 57.9 Å². The maximum Gasteiger partial charge on any atom is 0.0306 e. The molecule has 1 nitrogen and oxygen atoms in total. The Hall–Kier alpha value is -0.820. The van der Waals surface area contributed by atoms with E-state index in [4.69, 9.17) is 5.73 Å². The third-order valence-corrected chi connectivity index (χ3v) is 4.12. The Morgan fingerprint density at radius 2 is 2.12 bits per heavy atom. The number of nitrogens with two attached hydrogens (primary N) is 1. The fourth-order valence-corrected chi connectivity index (χ4v) is 2.82. The summed E-state index contributed by atoms with van der Waals surface area (Å²) in [5.41, 5.74) is 10.8. The molecular formula is C15H23N. The summed E-state index contributed by atoms with van der Waals surface area (Å²) in [6, 6.07) is 7.15. The van der Waals surface area contributed by atoms with Crippen molar-refractivity contribution in [3.05, 3.63) is 34.9 Å². The van der Waals surface area contributed by atoms with Gasteiger partial charge >= 0.3 is 0 Å². The highest BCUT2D eigenvalue weighted by molar-refractivity contribution is 5.44. The molecule has 2 atom stereocenters. The molecule has 0 aliphatic heterocycles. The van der Waals surface area contributed by atoms with E-state index >= 15 is 0 Å². The van der Waals surface area contributed by atoms with Crippen LogP contribution in [0.3, 0.4) is 0 Å². The lowest BCUT2D eigenvalue weighted by molar-refractivity contribution is 0.481. The summed E-state index contributed by atoms with van der Waals surface area (Å²) in [5.74, 6) is 0.640. The second-order valence-electron chi connectivity index (χ2n) is 5.85. The van der Waals surface area contributed by atoms with E-state index in [9.17, 15) is 0 Å². The molecule has 0 saturated heterocycles. The van der Waals surface area contributed by atoms with Gasteiger partial charge in [0.1, 0.15) is 0 Å². The molecule has 0 bridgehead atoms. The fraction of sp³-hybridized carbons (Fsp3) is 0.600. The van der Waals surface area contributed by atoms with Gasteiger partial charge in [0, 0.05) is 6.04 Å². The first-order valence-electron chi connectivity index (χ1n) is 6.35. The Morgan fingerprint density at radius 3 is 2.75 bits per heavy atom. The van der Waals surface area contributed by atoms with Gasteiger partial charge in [0.15, 0.2) is 0 Å². The second kappa shape index (κ2) is 3.89. The second-order valence-corrected chi connectivity index (χ2v) is 5.85. The van der Waals surface area contributed by atoms with E-state index in [1.165, 1.54) is 23.1 Å². The highest BCUT2D eigenvalue weighted by Crippen LogP contribution is 2.44. The SMILES string of the molecule is CCC(C)c1ccc2c(c1)[C@@H](N)CC2(C)C. The largest absolute Gasteiger partial charge is 0.324 e. The van der Waals surface area contributed by atoms with Gasteiger partial charge in [0.25, 0.3) is 0 Å². The fourth-order valence-electron chi connectivity index (χ4n) is 2.82. The third kappa shape index (κ3) is 1.78. The van der Waals surface area contributed by atoms with Gasteiger partial charge in [0.05, 0.1) is 0 Å². The normalized spacial score (nSPS) is 24.2. The molecule has 2 rings (SSSR count). The molecule has 0 aromatic heterocycles. The molecule has 2 N–H and O–H groups in total. The van der Waals surface area contributed by atoms with Crippen LogP contribution >= 0.6 is 0 Å². The molecule has 88 valence electrons. The minimum Gasteiger partial charge on any atom is -0.324 e. The predicted molar refractivity (Wildman–Crippen MR) is 69.7 cm³/mol. The Labute approximate surface area is 99.0 Å². The Bertz CT molecular complexity index is 392. The molecule has 0 spiro atoms. The zero-order chi connectivity index (χ0) is 11.9. The topological polar surface area (TPSA) is 26.0 Å². The molecule has 1 aromatic rings. The van der Waals surface area contributed by atoms with E-state index in [1.807, 2.05) is 0 Å². The summed E-state index contributed by atoms with van der Waals surface area (Å²) in [6.07, 6.45) is 2.27. The van der Waals surface area contributed by atoms with Crippen LogP contribution in [0, 0.1) is 0 Å². The number of hydrogen-bond donors (Lipinski definition) is 1. The first kappa shape index (κ1) is 11.7. The molecule has 1 unspecified atom stereocenters. The molecule has 0 amide bonds. The van der Waals surface area contributed by atoms with Crippen LogP contribution in [0.5, 0.6) is 0 Å². The van der Waals surface area contributed by atoms with Gasteiger partial charge < -0.3 is 5.73 Å². The van der Waals surface area contributed by atoms with Crippen LogP contribution in [0.25, 0.3) is 0 Å². The van der Waals surface area contributed by atoms with E-state index < -0.39 is 0 Å². The number of fused-ring (bicyclic) bond motifs is 1. The molecule has 0 saturated carbocycles. The van der Waals surface area contributed by atoms with Crippen LogP contribution < -0.4 is 5.73 Å². The van der Waals surface area contributed by atoms with Crippen molar-refractivity contribution in [1.82, 2.24) is 0 Å². The lowest BCUT2D eigenvalue weighted by Crippen LogP contribution is -2.14. The van der Waals surface area contributed by atoms with Crippen molar-refractivity contribution in [2.75, 3.05) is 0 Å². The van der Waals surface area contributed by atoms with Crippen LogP contribution in [0.4, 0.5) is 0 Å². The quantitative estimate of drug-likeness (QED) is 0.799. The van der Waals surface area contributed by atoms with Crippen LogP contribution in [0.2, 0.25) is 0 Å². The monoisotopic (exact) mass is 217 g/mol. The average molecular weight is 217 g/mol. The van der Waals surface area contributed by atoms with Gasteiger partial charge in [-0.1, -0.05) is 45.9 Å². The zero-order valence-corrected chi connectivity index (χ0v) is 10.9. The van der Waals surface area contributed by atoms with Crippen LogP contribution in [-0.4, -0.2) is 0 Å². The van der Waals surface area contributed by atoms with E-state index in [0.717, 1.165) is 6.42 Å². The standard InChI is InChI=1S/C15H23N/c1-5-10(2)11-6-7-13-12(8-11)14(16)9-15(13,3)4/h6-8,10,14H,5,9,16H2,1-4H3/t10?,14-/m0/s1. The summed E-state index contributed by atoms with van der Waals surface area (Å²) in [4.78, 5) is 0. The zero-order valence-electron chi connectivity index (χ0n) is 10.9. The summed E-state index contributed by atoms with van der Waals surface area (Å²) in [5, 5.41) is 0. The van der Waals surface area contributed by atoms with E-state index in [2.05, 4.69) is 45.9 Å². The van der Waals surface area contributed by atoms with Crippen LogP contribution in [0.15, 0.2) is 18.2 Å². The first-order chi connectivity index (χ1) is 7.45. The Morgan fingerprint density at radius 1 is 1.44 bits per heavy atom. The molecule has 16 heavy (non-hydrogen) atoms. The van der Waals surface area contributed by atoms with E-state index in [0.29, 0.717) is 5.92 Å². The van der Waals surface area contributed by atoms with Crippen molar-refractivity contribution in [1.29, 1.82) is 0 Å². The molecule has 1 aliphatic carbocycles. The van der Waals surface area contributed by atoms with Crippen LogP contribution in [-0.2, 0) is 5.41 Å². The summed E-state index contributed by atoms with van der Waals surface area (Å²) in [7, 11) is 0. The minimum absolute atomic E-state index is 0.231.